The van der Waals surface area contributed by atoms with E-state index in [-0.39, 0.29) is 12.4 Å². The molecule has 0 bridgehead atoms. The second kappa shape index (κ2) is 4.48. The number of terminal acetylenes is 1. The zero-order chi connectivity index (χ0) is 12.4. The fourth-order valence-corrected chi connectivity index (χ4v) is 1.99. The molecule has 0 aromatic heterocycles. The van der Waals surface area contributed by atoms with Gasteiger partial charge in [0, 0.05) is 5.02 Å². The number of benzene rings is 1. The van der Waals surface area contributed by atoms with Crippen LogP contribution in [0, 0.1) is 12.3 Å². The van der Waals surface area contributed by atoms with Crippen LogP contribution in [0.4, 0.5) is 4.79 Å². The van der Waals surface area contributed by atoms with Gasteiger partial charge in [0.05, 0.1) is 6.54 Å². The number of carbonyl (C=O) groups excluding carboxylic acids is 1. The molecule has 2 rings (SSSR count). The Morgan fingerprint density at radius 2 is 2.35 bits per heavy atom. The van der Waals surface area contributed by atoms with Gasteiger partial charge in [-0.1, -0.05) is 29.7 Å². The molecular formula is C12H10ClN3O. The standard InChI is InChI=1S/C12H10ClN3O/c1-2-6-16-10(11(14)15-12(16)17)8-4-3-5-9(13)7-8/h1,3-5,7,10H,6H2,(H2,14,15,17). The first kappa shape index (κ1) is 11.5. The lowest BCUT2D eigenvalue weighted by atomic mass is 10.1. The molecule has 1 aromatic carbocycles. The number of aliphatic imine (C=N–C) groups is 1. The van der Waals surface area contributed by atoms with E-state index in [0.717, 1.165) is 5.56 Å². The van der Waals surface area contributed by atoms with E-state index in [1.165, 1.54) is 4.90 Å². The summed E-state index contributed by atoms with van der Waals surface area (Å²) in [7, 11) is 0. The minimum Gasteiger partial charge on any atom is -0.385 e. The monoisotopic (exact) mass is 247 g/mol. The number of amidine groups is 1. The molecule has 2 N–H and O–H groups in total. The van der Waals surface area contributed by atoms with E-state index < -0.39 is 12.1 Å². The van der Waals surface area contributed by atoms with Crippen LogP contribution in [-0.4, -0.2) is 23.3 Å². The van der Waals surface area contributed by atoms with Crippen molar-refractivity contribution >= 4 is 23.5 Å². The van der Waals surface area contributed by atoms with Gasteiger partial charge >= 0.3 is 6.03 Å². The van der Waals surface area contributed by atoms with Gasteiger partial charge in [0.2, 0.25) is 0 Å². The third-order valence-corrected chi connectivity index (χ3v) is 2.72. The molecule has 0 saturated heterocycles. The minimum atomic E-state index is -0.419. The lowest BCUT2D eigenvalue weighted by Crippen LogP contribution is -2.33. The molecule has 0 spiro atoms. The van der Waals surface area contributed by atoms with Gasteiger partial charge in [-0.2, -0.15) is 4.99 Å². The van der Waals surface area contributed by atoms with Crippen molar-refractivity contribution in [2.45, 2.75) is 6.04 Å². The highest BCUT2D eigenvalue weighted by Crippen LogP contribution is 2.27. The van der Waals surface area contributed by atoms with E-state index in [4.69, 9.17) is 23.8 Å². The van der Waals surface area contributed by atoms with Crippen LogP contribution in [0.1, 0.15) is 11.6 Å². The zero-order valence-corrected chi connectivity index (χ0v) is 9.69. The summed E-state index contributed by atoms with van der Waals surface area (Å²) in [6.07, 6.45) is 5.22. The molecule has 86 valence electrons. The Labute approximate surface area is 104 Å². The SMILES string of the molecule is C#CCN1C(=O)N=C(N)C1c1cccc(Cl)c1. The largest absolute Gasteiger partial charge is 0.385 e. The summed E-state index contributed by atoms with van der Waals surface area (Å²) < 4.78 is 0. The van der Waals surface area contributed by atoms with Gasteiger partial charge in [-0.15, -0.1) is 6.42 Å². The highest BCUT2D eigenvalue weighted by Gasteiger charge is 2.33. The van der Waals surface area contributed by atoms with Crippen LogP contribution in [0.15, 0.2) is 29.3 Å². The molecule has 1 atom stereocenters. The maximum atomic E-state index is 11.6. The summed E-state index contributed by atoms with van der Waals surface area (Å²) in [5.74, 6) is 2.66. The molecular weight excluding hydrogens is 238 g/mol. The maximum absolute atomic E-state index is 11.6. The van der Waals surface area contributed by atoms with Crippen molar-refractivity contribution in [3.05, 3.63) is 34.9 Å². The predicted molar refractivity (Wildman–Crippen MR) is 66.8 cm³/mol. The number of hydrogen-bond acceptors (Lipinski definition) is 2. The number of urea groups is 1. The molecule has 1 heterocycles. The number of amides is 2. The normalized spacial score (nSPS) is 19.1. The number of nitrogens with two attached hydrogens (primary N) is 1. The molecule has 0 fully saturated rings. The van der Waals surface area contributed by atoms with Crippen LogP contribution in [0.5, 0.6) is 0 Å². The summed E-state index contributed by atoms with van der Waals surface area (Å²) in [6.45, 7) is 0.167. The molecule has 0 aliphatic carbocycles. The van der Waals surface area contributed by atoms with Gasteiger partial charge in [0.15, 0.2) is 0 Å². The molecule has 17 heavy (non-hydrogen) atoms. The van der Waals surface area contributed by atoms with E-state index in [0.29, 0.717) is 5.02 Å². The van der Waals surface area contributed by atoms with Crippen LogP contribution < -0.4 is 5.73 Å². The van der Waals surface area contributed by atoms with Crippen LogP contribution >= 0.6 is 11.6 Å². The Balaban J connectivity index is 2.39. The Morgan fingerprint density at radius 3 is 3.00 bits per heavy atom. The molecule has 4 nitrogen and oxygen atoms in total. The summed E-state index contributed by atoms with van der Waals surface area (Å²) >= 11 is 5.91. The topological polar surface area (TPSA) is 58.7 Å². The van der Waals surface area contributed by atoms with Crippen molar-refractivity contribution in [3.8, 4) is 12.3 Å². The fourth-order valence-electron chi connectivity index (χ4n) is 1.79. The van der Waals surface area contributed by atoms with Crippen molar-refractivity contribution in [3.63, 3.8) is 0 Å². The lowest BCUT2D eigenvalue weighted by Gasteiger charge is -2.22. The second-order valence-corrected chi connectivity index (χ2v) is 4.05. The third kappa shape index (κ3) is 2.10. The quantitative estimate of drug-likeness (QED) is 0.811. The van der Waals surface area contributed by atoms with E-state index in [9.17, 15) is 4.79 Å². The zero-order valence-electron chi connectivity index (χ0n) is 8.93. The lowest BCUT2D eigenvalue weighted by molar-refractivity contribution is 0.213. The van der Waals surface area contributed by atoms with Gasteiger partial charge in [-0.3, -0.25) is 4.90 Å². The Bertz CT molecular complexity index is 533. The fraction of sp³-hybridized carbons (Fsp3) is 0.167. The van der Waals surface area contributed by atoms with Crippen molar-refractivity contribution in [2.24, 2.45) is 10.7 Å². The Kier molecular flexibility index (Phi) is 3.03. The molecule has 5 heteroatoms. The smallest absolute Gasteiger partial charge is 0.346 e. The average Bonchev–Trinajstić information content (AvgIpc) is 2.54. The first-order valence-corrected chi connectivity index (χ1v) is 5.35. The number of rotatable bonds is 2. The summed E-state index contributed by atoms with van der Waals surface area (Å²) in [5.41, 5.74) is 6.55. The van der Waals surface area contributed by atoms with Crippen molar-refractivity contribution in [2.75, 3.05) is 6.54 Å². The molecule has 0 saturated carbocycles. The van der Waals surface area contributed by atoms with E-state index >= 15 is 0 Å². The van der Waals surface area contributed by atoms with Gasteiger partial charge in [0.1, 0.15) is 11.9 Å². The summed E-state index contributed by atoms with van der Waals surface area (Å²) in [6, 6.07) is 6.29. The predicted octanol–water partition coefficient (Wildman–Crippen LogP) is 1.81. The molecule has 1 aliphatic heterocycles. The maximum Gasteiger partial charge on any atom is 0.346 e. The number of hydrogen-bond donors (Lipinski definition) is 1. The first-order chi connectivity index (χ1) is 8.13. The average molecular weight is 248 g/mol. The van der Waals surface area contributed by atoms with Crippen molar-refractivity contribution in [1.29, 1.82) is 0 Å². The Hall–Kier alpha value is -1.99. The first-order valence-electron chi connectivity index (χ1n) is 4.97. The highest BCUT2D eigenvalue weighted by molar-refractivity contribution is 6.30. The third-order valence-electron chi connectivity index (χ3n) is 2.49. The van der Waals surface area contributed by atoms with Crippen LogP contribution in [-0.2, 0) is 0 Å². The molecule has 1 unspecified atom stereocenters. The number of carbonyl (C=O) groups is 1. The van der Waals surface area contributed by atoms with Gasteiger partial charge < -0.3 is 5.73 Å². The number of halogens is 1. The van der Waals surface area contributed by atoms with Gasteiger partial charge in [0.25, 0.3) is 0 Å². The van der Waals surface area contributed by atoms with Crippen LogP contribution in [0.2, 0.25) is 5.02 Å². The highest BCUT2D eigenvalue weighted by atomic mass is 35.5. The summed E-state index contributed by atoms with van der Waals surface area (Å²) in [5, 5.41) is 0.579. The van der Waals surface area contributed by atoms with E-state index in [1.807, 2.05) is 6.07 Å². The minimum absolute atomic E-state index is 0.167. The molecule has 1 aliphatic rings. The van der Waals surface area contributed by atoms with Crippen molar-refractivity contribution < 1.29 is 4.79 Å². The van der Waals surface area contributed by atoms with E-state index in [2.05, 4.69) is 10.9 Å². The molecule has 0 radical (unpaired) electrons. The Morgan fingerprint density at radius 1 is 1.59 bits per heavy atom. The number of nitrogens with zero attached hydrogens (tertiary/aromatic N) is 2. The summed E-state index contributed by atoms with van der Waals surface area (Å²) in [4.78, 5) is 16.7. The molecule has 1 aromatic rings. The van der Waals surface area contributed by atoms with Crippen molar-refractivity contribution in [1.82, 2.24) is 4.90 Å². The van der Waals surface area contributed by atoms with E-state index in [1.54, 1.807) is 18.2 Å². The van der Waals surface area contributed by atoms with Crippen LogP contribution in [0.25, 0.3) is 0 Å². The van der Waals surface area contributed by atoms with Gasteiger partial charge in [-0.25, -0.2) is 4.79 Å². The van der Waals surface area contributed by atoms with Crippen LogP contribution in [0.3, 0.4) is 0 Å². The van der Waals surface area contributed by atoms with Gasteiger partial charge in [-0.05, 0) is 17.7 Å². The second-order valence-electron chi connectivity index (χ2n) is 3.61. The molecule has 2 amide bonds.